The molecule has 0 aromatic rings. The summed E-state index contributed by atoms with van der Waals surface area (Å²) >= 11 is 1.57. The van der Waals surface area contributed by atoms with Crippen molar-refractivity contribution in [3.63, 3.8) is 0 Å². The summed E-state index contributed by atoms with van der Waals surface area (Å²) in [4.78, 5) is 13.9. The highest BCUT2D eigenvalue weighted by Crippen LogP contribution is 2.28. The third-order valence-corrected chi connectivity index (χ3v) is 4.62. The smallest absolute Gasteiger partial charge is 0.417 e. The Morgan fingerprint density at radius 1 is 1.39 bits per heavy atom. The van der Waals surface area contributed by atoms with Gasteiger partial charge in [0, 0.05) is 5.41 Å². The van der Waals surface area contributed by atoms with Gasteiger partial charge in [0.25, 0.3) is 0 Å². The molecular weight excluding hydrogens is 309 g/mol. The molecule has 1 heterocycles. The summed E-state index contributed by atoms with van der Waals surface area (Å²) < 4.78 is 11.6. The van der Waals surface area contributed by atoms with Gasteiger partial charge >= 0.3 is 13.0 Å². The lowest BCUT2D eigenvalue weighted by Crippen LogP contribution is -2.39. The number of cyclic esters (lactones) is 1. The second-order valence-corrected chi connectivity index (χ2v) is 7.18. The number of hydrogen-bond acceptors (Lipinski definition) is 4. The highest BCUT2D eigenvalue weighted by atomic mass is 32.2. The standard InChI is InChI=1S/C17H32BNO3S/c1-6-8-10-18(11-9-7-2)22-16(13-23-5)19-15(14(3)4)12-21-17(19)20/h13-15H,6-12H2,1-5H3/b16-13-/t15-/m1/s1. The Balaban J connectivity index is 2.86. The van der Waals surface area contributed by atoms with Crippen LogP contribution in [0.25, 0.3) is 0 Å². The number of thioether (sulfide) groups is 1. The van der Waals surface area contributed by atoms with E-state index in [1.54, 1.807) is 16.7 Å². The molecule has 132 valence electrons. The number of hydrogen-bond donors (Lipinski definition) is 0. The minimum absolute atomic E-state index is 0.0545. The molecule has 6 heteroatoms. The maximum Gasteiger partial charge on any atom is 0.417 e. The summed E-state index contributed by atoms with van der Waals surface area (Å²) in [6.07, 6.45) is 8.41. The monoisotopic (exact) mass is 341 g/mol. The molecule has 0 bridgehead atoms. The Kier molecular flexibility index (Phi) is 9.60. The fourth-order valence-corrected chi connectivity index (χ4v) is 3.09. The zero-order valence-corrected chi connectivity index (χ0v) is 16.2. The SMILES string of the molecule is CCCCB(CCCC)O/C(=C\SC)N1C(=O)OC[C@@H]1C(C)C. The van der Waals surface area contributed by atoms with Crippen molar-refractivity contribution in [3.05, 3.63) is 11.3 Å². The fourth-order valence-electron chi connectivity index (χ4n) is 2.72. The Labute approximate surface area is 146 Å². The minimum atomic E-state index is -0.284. The molecular formula is C17H32BNO3S. The molecule has 1 atom stereocenters. The molecule has 0 aromatic heterocycles. The summed E-state index contributed by atoms with van der Waals surface area (Å²) in [5.41, 5.74) is 0. The van der Waals surface area contributed by atoms with Crippen LogP contribution >= 0.6 is 11.8 Å². The molecule has 0 N–H and O–H groups in total. The Hall–Kier alpha value is -0.775. The molecule has 1 aliphatic heterocycles. The molecule has 23 heavy (non-hydrogen) atoms. The van der Waals surface area contributed by atoms with E-state index in [-0.39, 0.29) is 19.1 Å². The van der Waals surface area contributed by atoms with Gasteiger partial charge in [-0.15, -0.1) is 11.8 Å². The van der Waals surface area contributed by atoms with E-state index in [1.807, 2.05) is 11.7 Å². The highest BCUT2D eigenvalue weighted by molar-refractivity contribution is 8.01. The van der Waals surface area contributed by atoms with Crippen LogP contribution in [-0.4, -0.2) is 36.8 Å². The average Bonchev–Trinajstić information content (AvgIpc) is 2.91. The molecule has 1 aliphatic rings. The molecule has 0 aromatic carbocycles. The molecule has 1 amide bonds. The van der Waals surface area contributed by atoms with E-state index in [9.17, 15) is 4.79 Å². The first kappa shape index (κ1) is 20.3. The fraction of sp³-hybridized carbons (Fsp3) is 0.824. The molecule has 1 saturated heterocycles. The third kappa shape index (κ3) is 6.32. The largest absolute Gasteiger partial charge is 0.549 e. The van der Waals surface area contributed by atoms with Crippen molar-refractivity contribution >= 4 is 24.8 Å². The maximum atomic E-state index is 12.2. The van der Waals surface area contributed by atoms with Gasteiger partial charge < -0.3 is 9.39 Å². The van der Waals surface area contributed by atoms with Gasteiger partial charge in [0.2, 0.25) is 0 Å². The molecule has 0 radical (unpaired) electrons. The van der Waals surface area contributed by atoms with E-state index in [2.05, 4.69) is 27.7 Å². The first-order chi connectivity index (χ1) is 11.0. The lowest BCUT2D eigenvalue weighted by molar-refractivity contribution is 0.150. The predicted octanol–water partition coefficient (Wildman–Crippen LogP) is 5.23. The van der Waals surface area contributed by atoms with Crippen molar-refractivity contribution in [2.45, 2.75) is 72.1 Å². The van der Waals surface area contributed by atoms with Crippen LogP contribution in [0.5, 0.6) is 0 Å². The Bertz CT molecular complexity index is 382. The number of ether oxygens (including phenoxy) is 1. The van der Waals surface area contributed by atoms with E-state index in [0.29, 0.717) is 18.4 Å². The van der Waals surface area contributed by atoms with Crippen LogP contribution < -0.4 is 0 Å². The zero-order valence-electron chi connectivity index (χ0n) is 15.3. The van der Waals surface area contributed by atoms with E-state index >= 15 is 0 Å². The van der Waals surface area contributed by atoms with Crippen molar-refractivity contribution in [1.82, 2.24) is 4.90 Å². The normalized spacial score (nSPS) is 18.5. The highest BCUT2D eigenvalue weighted by Gasteiger charge is 2.39. The summed E-state index contributed by atoms with van der Waals surface area (Å²) in [6.45, 7) is 9.24. The number of rotatable bonds is 11. The number of nitrogens with zero attached hydrogens (tertiary/aromatic N) is 1. The summed E-state index contributed by atoms with van der Waals surface area (Å²) in [6, 6.07) is 0.0545. The summed E-state index contributed by atoms with van der Waals surface area (Å²) in [7, 11) is 0. The molecule has 0 spiro atoms. The Morgan fingerprint density at radius 2 is 2.00 bits per heavy atom. The van der Waals surface area contributed by atoms with Gasteiger partial charge in [-0.05, 0) is 24.8 Å². The molecule has 1 rings (SSSR count). The lowest BCUT2D eigenvalue weighted by Gasteiger charge is -2.29. The van der Waals surface area contributed by atoms with E-state index in [4.69, 9.17) is 9.39 Å². The first-order valence-corrected chi connectivity index (χ1v) is 10.2. The van der Waals surface area contributed by atoms with Crippen molar-refractivity contribution in [2.75, 3.05) is 12.9 Å². The first-order valence-electron chi connectivity index (χ1n) is 8.90. The van der Waals surface area contributed by atoms with Crippen molar-refractivity contribution < 1.29 is 14.2 Å². The maximum absolute atomic E-state index is 12.2. The zero-order chi connectivity index (χ0) is 17.2. The predicted molar refractivity (Wildman–Crippen MR) is 99.7 cm³/mol. The second kappa shape index (κ2) is 10.9. The van der Waals surface area contributed by atoms with Gasteiger partial charge in [0.15, 0.2) is 5.88 Å². The summed E-state index contributed by atoms with van der Waals surface area (Å²) in [5.74, 6) is 0.996. The topological polar surface area (TPSA) is 38.8 Å². The van der Waals surface area contributed by atoms with Crippen LogP contribution in [0.1, 0.15) is 53.4 Å². The van der Waals surface area contributed by atoms with Crippen LogP contribution in [0.3, 0.4) is 0 Å². The quantitative estimate of drug-likeness (QED) is 0.381. The van der Waals surface area contributed by atoms with Gasteiger partial charge in [-0.2, -0.15) is 0 Å². The van der Waals surface area contributed by atoms with Crippen molar-refractivity contribution in [3.8, 4) is 0 Å². The Morgan fingerprint density at radius 3 is 2.48 bits per heavy atom. The van der Waals surface area contributed by atoms with Crippen molar-refractivity contribution in [2.24, 2.45) is 5.92 Å². The number of amides is 1. The average molecular weight is 341 g/mol. The molecule has 0 aliphatic carbocycles. The van der Waals surface area contributed by atoms with Crippen LogP contribution in [0.4, 0.5) is 4.79 Å². The van der Waals surface area contributed by atoms with E-state index in [0.717, 1.165) is 38.3 Å². The molecule has 0 saturated carbocycles. The van der Waals surface area contributed by atoms with Crippen LogP contribution in [0, 0.1) is 5.92 Å². The molecule has 4 nitrogen and oxygen atoms in total. The van der Waals surface area contributed by atoms with Gasteiger partial charge in [0.1, 0.15) is 6.61 Å². The van der Waals surface area contributed by atoms with Gasteiger partial charge in [0.05, 0.1) is 6.04 Å². The second-order valence-electron chi connectivity index (χ2n) is 6.47. The lowest BCUT2D eigenvalue weighted by atomic mass is 9.59. The van der Waals surface area contributed by atoms with Crippen LogP contribution in [0.15, 0.2) is 11.3 Å². The molecule has 0 unspecified atom stereocenters. The molecule has 1 fully saturated rings. The minimum Gasteiger partial charge on any atom is -0.549 e. The number of carbonyl (C=O) groups excluding carboxylic acids is 1. The van der Waals surface area contributed by atoms with Crippen molar-refractivity contribution in [1.29, 1.82) is 0 Å². The van der Waals surface area contributed by atoms with Crippen LogP contribution in [0.2, 0.25) is 12.6 Å². The van der Waals surface area contributed by atoms with E-state index < -0.39 is 0 Å². The number of carbonyl (C=O) groups is 1. The summed E-state index contributed by atoms with van der Waals surface area (Å²) in [5, 5.41) is 1.94. The van der Waals surface area contributed by atoms with Gasteiger partial charge in [-0.1, -0.05) is 53.4 Å². The van der Waals surface area contributed by atoms with Gasteiger partial charge in [-0.25, -0.2) is 9.69 Å². The van der Waals surface area contributed by atoms with Gasteiger partial charge in [-0.3, -0.25) is 0 Å². The van der Waals surface area contributed by atoms with Crippen LogP contribution in [-0.2, 0) is 9.39 Å². The number of unbranched alkanes of at least 4 members (excludes halogenated alkanes) is 2. The van der Waals surface area contributed by atoms with E-state index in [1.165, 1.54) is 0 Å². The third-order valence-electron chi connectivity index (χ3n) is 4.18.